The second-order valence-electron chi connectivity index (χ2n) is 12.3. The molecular formula is C34H40N2O3. The Balaban J connectivity index is 1.51. The van der Waals surface area contributed by atoms with E-state index in [1.807, 2.05) is 6.07 Å². The Kier molecular flexibility index (Phi) is 7.04. The fourth-order valence-electron chi connectivity index (χ4n) is 6.27. The first-order valence-corrected chi connectivity index (χ1v) is 14.1. The molecule has 0 spiro atoms. The van der Waals surface area contributed by atoms with Crippen LogP contribution in [-0.2, 0) is 4.79 Å². The van der Waals surface area contributed by atoms with Crippen LogP contribution >= 0.6 is 0 Å². The molecule has 5 rings (SSSR count). The summed E-state index contributed by atoms with van der Waals surface area (Å²) in [5.41, 5.74) is 8.22. The van der Waals surface area contributed by atoms with Crippen LogP contribution in [0.2, 0.25) is 0 Å². The summed E-state index contributed by atoms with van der Waals surface area (Å²) in [5.74, 6) is 0.840. The standard InChI is InChI=1S/C34H40N2O3/c1-23-21-34(4,5)36(16-12-8-11-15-32(37)38)29-20-30-24(17-27(23)29)18-28-31(39-30)19-26(22-33(28,2)3)35(6)25-13-9-7-10-14-25/h7,9-10,13-14,17-21H,8,11-12,15-16,22H2,1-6H3. The maximum absolute atomic E-state index is 10.8. The average Bonchev–Trinajstić information content (AvgIpc) is 2.87. The third-order valence-electron chi connectivity index (χ3n) is 8.38. The van der Waals surface area contributed by atoms with Crippen LogP contribution in [0.1, 0.15) is 77.8 Å². The molecule has 0 saturated carbocycles. The monoisotopic (exact) mass is 524 g/mol. The number of hydrogen-bond donors (Lipinski definition) is 0. The van der Waals surface area contributed by atoms with Crippen LogP contribution in [0.15, 0.2) is 65.9 Å². The molecule has 1 aliphatic carbocycles. The number of carboxylic acid groups (broad SMARTS) is 1. The van der Waals surface area contributed by atoms with Gasteiger partial charge in [0, 0.05) is 71.0 Å². The van der Waals surface area contributed by atoms with E-state index in [9.17, 15) is 9.90 Å². The van der Waals surface area contributed by atoms with Gasteiger partial charge in [0.25, 0.3) is 0 Å². The number of hydrogen-bond acceptors (Lipinski definition) is 4. The summed E-state index contributed by atoms with van der Waals surface area (Å²) in [6, 6.07) is 15.0. The largest absolute Gasteiger partial charge is 0.550 e. The first-order chi connectivity index (χ1) is 18.5. The quantitative estimate of drug-likeness (QED) is 0.306. The summed E-state index contributed by atoms with van der Waals surface area (Å²) >= 11 is 0. The van der Waals surface area contributed by atoms with Crippen LogP contribution in [-0.4, -0.2) is 35.4 Å². The summed E-state index contributed by atoms with van der Waals surface area (Å²) < 4.78 is 8.96. The lowest BCUT2D eigenvalue weighted by Gasteiger charge is -2.44. The highest BCUT2D eigenvalue weighted by Crippen LogP contribution is 2.49. The van der Waals surface area contributed by atoms with Gasteiger partial charge in [0.05, 0.1) is 5.54 Å². The third kappa shape index (κ3) is 5.32. The molecule has 0 N–H and O–H groups in total. The van der Waals surface area contributed by atoms with E-state index in [0.717, 1.165) is 48.6 Å². The molecule has 0 fully saturated rings. The number of fused-ring (bicyclic) bond motifs is 3. The van der Waals surface area contributed by atoms with Crippen molar-refractivity contribution in [2.45, 2.75) is 72.3 Å². The van der Waals surface area contributed by atoms with Crippen molar-refractivity contribution >= 4 is 34.7 Å². The zero-order chi connectivity index (χ0) is 27.9. The van der Waals surface area contributed by atoms with Gasteiger partial charge in [0.15, 0.2) is 5.71 Å². The van der Waals surface area contributed by atoms with Crippen molar-refractivity contribution in [3.8, 4) is 5.75 Å². The summed E-state index contributed by atoms with van der Waals surface area (Å²) in [6.07, 6.45) is 10.4. The molecule has 0 amide bonds. The molecule has 2 aromatic rings. The smallest absolute Gasteiger partial charge is 0.205 e. The Morgan fingerprint density at radius 3 is 2.51 bits per heavy atom. The van der Waals surface area contributed by atoms with Crippen molar-refractivity contribution in [2.75, 3.05) is 18.5 Å². The molecular weight excluding hydrogens is 484 g/mol. The Bertz CT molecular complexity index is 1420. The number of carbonyl (C=O) groups is 1. The van der Waals surface area contributed by atoms with Gasteiger partial charge in [-0.3, -0.25) is 0 Å². The van der Waals surface area contributed by atoms with Crippen LogP contribution in [0.25, 0.3) is 11.6 Å². The minimum absolute atomic E-state index is 0.0690. The van der Waals surface area contributed by atoms with Gasteiger partial charge >= 0.3 is 0 Å². The third-order valence-corrected chi connectivity index (χ3v) is 8.38. The lowest BCUT2D eigenvalue weighted by Crippen LogP contribution is -2.45. The fourth-order valence-corrected chi connectivity index (χ4v) is 6.27. The number of carbonyl (C=O) groups excluding carboxylic acids is 1. The molecule has 204 valence electrons. The molecule has 0 radical (unpaired) electrons. The van der Waals surface area contributed by atoms with E-state index in [1.54, 1.807) is 0 Å². The van der Waals surface area contributed by atoms with E-state index >= 15 is 0 Å². The van der Waals surface area contributed by atoms with Crippen molar-refractivity contribution in [3.05, 3.63) is 77.1 Å². The van der Waals surface area contributed by atoms with E-state index in [0.29, 0.717) is 6.42 Å². The molecule has 0 saturated heterocycles. The van der Waals surface area contributed by atoms with Gasteiger partial charge in [-0.25, -0.2) is 0 Å². The van der Waals surface area contributed by atoms with Gasteiger partial charge in [-0.2, -0.15) is 4.58 Å². The van der Waals surface area contributed by atoms with Crippen molar-refractivity contribution in [2.24, 2.45) is 5.41 Å². The number of anilines is 1. The molecule has 39 heavy (non-hydrogen) atoms. The van der Waals surface area contributed by atoms with Gasteiger partial charge in [-0.15, -0.1) is 0 Å². The van der Waals surface area contributed by atoms with Gasteiger partial charge in [0.2, 0.25) is 5.69 Å². The summed E-state index contributed by atoms with van der Waals surface area (Å²) in [6.45, 7) is 12.1. The Labute approximate surface area is 232 Å². The minimum atomic E-state index is -0.969. The lowest BCUT2D eigenvalue weighted by atomic mass is 9.73. The van der Waals surface area contributed by atoms with Crippen molar-refractivity contribution in [3.63, 3.8) is 0 Å². The number of carboxylic acids is 1. The number of ether oxygens (including phenoxy) is 1. The van der Waals surface area contributed by atoms with E-state index in [4.69, 9.17) is 4.74 Å². The zero-order valence-corrected chi connectivity index (χ0v) is 24.1. The molecule has 3 aliphatic rings. The molecule has 2 aromatic carbocycles. The van der Waals surface area contributed by atoms with Crippen LogP contribution in [0.5, 0.6) is 5.75 Å². The second kappa shape index (κ2) is 10.2. The number of para-hydroxylation sites is 1. The average molecular weight is 525 g/mol. The molecule has 0 aromatic heterocycles. The highest BCUT2D eigenvalue weighted by Gasteiger charge is 2.39. The van der Waals surface area contributed by atoms with Gasteiger partial charge < -0.3 is 19.5 Å². The molecule has 2 heterocycles. The first-order valence-electron chi connectivity index (χ1n) is 14.1. The van der Waals surface area contributed by atoms with Crippen LogP contribution in [0.4, 0.5) is 11.4 Å². The van der Waals surface area contributed by atoms with Crippen molar-refractivity contribution < 1.29 is 19.2 Å². The van der Waals surface area contributed by atoms with Crippen molar-refractivity contribution in [1.29, 1.82) is 0 Å². The Morgan fingerprint density at radius 2 is 1.79 bits per heavy atom. The van der Waals surface area contributed by atoms with E-state index in [-0.39, 0.29) is 17.4 Å². The predicted octanol–water partition coefficient (Wildman–Crippen LogP) is 6.50. The topological polar surface area (TPSA) is 55.6 Å². The second-order valence-corrected chi connectivity index (χ2v) is 12.3. The summed E-state index contributed by atoms with van der Waals surface area (Å²) in [7, 11) is 2.13. The highest BCUT2D eigenvalue weighted by atomic mass is 16.5. The molecule has 5 heteroatoms. The van der Waals surface area contributed by atoms with Crippen molar-refractivity contribution in [1.82, 2.24) is 0 Å². The van der Waals surface area contributed by atoms with Gasteiger partial charge in [-0.05, 0) is 57.7 Å². The number of unbranched alkanes of at least 4 members (excludes halogenated alkanes) is 2. The van der Waals surface area contributed by atoms with Crippen LogP contribution < -0.4 is 14.7 Å². The molecule has 2 aliphatic heterocycles. The Morgan fingerprint density at radius 1 is 1.05 bits per heavy atom. The van der Waals surface area contributed by atoms with Gasteiger partial charge in [-0.1, -0.05) is 44.5 Å². The summed E-state index contributed by atoms with van der Waals surface area (Å²) in [4.78, 5) is 13.3. The Hall–Kier alpha value is -3.60. The first kappa shape index (κ1) is 27.0. The molecule has 0 unspecified atom stereocenters. The number of nitrogens with zero attached hydrogens (tertiary/aromatic N) is 2. The van der Waals surface area contributed by atoms with Crippen LogP contribution in [0.3, 0.4) is 0 Å². The number of benzene rings is 2. The lowest BCUT2D eigenvalue weighted by molar-refractivity contribution is -0.406. The van der Waals surface area contributed by atoms with E-state index in [2.05, 4.69) is 106 Å². The van der Waals surface area contributed by atoms with Crippen LogP contribution in [0, 0.1) is 5.41 Å². The zero-order valence-electron chi connectivity index (χ0n) is 24.1. The summed E-state index contributed by atoms with van der Waals surface area (Å²) in [5, 5.41) is 10.8. The number of rotatable bonds is 7. The molecule has 0 atom stereocenters. The fraction of sp³-hybridized carbons (Fsp3) is 0.412. The SMILES string of the molecule is CC1=CC(C)(C)N(CCCCCC(=O)[O-])c2cc3c(cc21)C=C1C(=CC(=[N+](C)c2ccccc2)CC1(C)C)O3. The normalized spacial score (nSPS) is 19.9. The number of aliphatic carboxylic acids is 1. The number of allylic oxidation sites excluding steroid dienone is 3. The van der Waals surface area contributed by atoms with E-state index < -0.39 is 5.97 Å². The maximum Gasteiger partial charge on any atom is 0.205 e. The highest BCUT2D eigenvalue weighted by molar-refractivity contribution is 5.96. The van der Waals surface area contributed by atoms with Gasteiger partial charge in [0.1, 0.15) is 18.6 Å². The predicted molar refractivity (Wildman–Crippen MR) is 157 cm³/mol. The molecule has 5 nitrogen and oxygen atoms in total. The maximum atomic E-state index is 10.8. The molecule has 0 bridgehead atoms. The minimum Gasteiger partial charge on any atom is -0.550 e. The van der Waals surface area contributed by atoms with E-state index in [1.165, 1.54) is 28.1 Å².